The van der Waals surface area contributed by atoms with Crippen molar-refractivity contribution in [1.29, 1.82) is 0 Å². The van der Waals surface area contributed by atoms with Crippen molar-refractivity contribution < 1.29 is 23.5 Å². The lowest BCUT2D eigenvalue weighted by Crippen LogP contribution is -2.59. The largest absolute Gasteiger partial charge is 0.391 e. The average Bonchev–Trinajstić information content (AvgIpc) is 3.47. The lowest BCUT2D eigenvalue weighted by molar-refractivity contribution is 0.0356. The quantitative estimate of drug-likeness (QED) is 0.657. The van der Waals surface area contributed by atoms with E-state index in [0.29, 0.717) is 13.0 Å². The SMILES string of the molecule is CNC(=O)N1CC(O)CC(N(C(=O)NCc2cc(F)c(Cl)cc2F)C2CC2)C1. The monoisotopic (exact) mass is 416 g/mol. The van der Waals surface area contributed by atoms with Crippen molar-refractivity contribution in [3.63, 3.8) is 0 Å². The Morgan fingerprint density at radius 3 is 2.61 bits per heavy atom. The molecule has 2 fully saturated rings. The number of piperidine rings is 1. The van der Waals surface area contributed by atoms with Gasteiger partial charge in [-0.1, -0.05) is 11.6 Å². The number of β-amino-alcohol motifs (C(OH)–C–C–N with tert-alkyl or cyclic N) is 1. The summed E-state index contributed by atoms with van der Waals surface area (Å²) in [6.45, 7) is 0.298. The summed E-state index contributed by atoms with van der Waals surface area (Å²) in [4.78, 5) is 27.8. The number of nitrogens with one attached hydrogen (secondary N) is 2. The lowest BCUT2D eigenvalue weighted by atomic mass is 10.0. The van der Waals surface area contributed by atoms with Gasteiger partial charge in [0, 0.05) is 38.3 Å². The number of urea groups is 2. The van der Waals surface area contributed by atoms with Crippen LogP contribution in [0, 0.1) is 11.6 Å². The molecule has 1 aliphatic heterocycles. The van der Waals surface area contributed by atoms with Crippen molar-refractivity contribution in [1.82, 2.24) is 20.4 Å². The van der Waals surface area contributed by atoms with Crippen LogP contribution in [0.25, 0.3) is 0 Å². The number of carbonyl (C=O) groups is 2. The maximum absolute atomic E-state index is 13.9. The summed E-state index contributed by atoms with van der Waals surface area (Å²) in [5.74, 6) is -1.47. The second kappa shape index (κ2) is 8.48. The van der Waals surface area contributed by atoms with Crippen LogP contribution in [-0.4, -0.2) is 65.3 Å². The lowest BCUT2D eigenvalue weighted by Gasteiger charge is -2.41. The van der Waals surface area contributed by atoms with Gasteiger partial charge in [-0.3, -0.25) is 0 Å². The highest BCUT2D eigenvalue weighted by molar-refractivity contribution is 6.30. The van der Waals surface area contributed by atoms with Gasteiger partial charge in [0.2, 0.25) is 0 Å². The number of hydrogen-bond donors (Lipinski definition) is 3. The zero-order chi connectivity index (χ0) is 20.4. The molecule has 3 rings (SSSR count). The number of carbonyl (C=O) groups excluding carboxylic acids is 2. The molecule has 0 spiro atoms. The first-order valence-corrected chi connectivity index (χ1v) is 9.52. The minimum absolute atomic E-state index is 0.00800. The molecule has 2 atom stereocenters. The van der Waals surface area contributed by atoms with E-state index in [2.05, 4.69) is 10.6 Å². The van der Waals surface area contributed by atoms with Gasteiger partial charge in [-0.15, -0.1) is 0 Å². The molecule has 154 valence electrons. The molecule has 3 N–H and O–H groups in total. The molecule has 7 nitrogen and oxygen atoms in total. The minimum Gasteiger partial charge on any atom is -0.391 e. The van der Waals surface area contributed by atoms with E-state index in [1.165, 1.54) is 11.9 Å². The second-order valence-corrected chi connectivity index (χ2v) is 7.57. The van der Waals surface area contributed by atoms with Gasteiger partial charge in [0.25, 0.3) is 0 Å². The number of likely N-dealkylation sites (tertiary alicyclic amines) is 1. The second-order valence-electron chi connectivity index (χ2n) is 7.16. The Hall–Kier alpha value is -2.13. The van der Waals surface area contributed by atoms with Gasteiger partial charge in [-0.2, -0.15) is 0 Å². The Morgan fingerprint density at radius 1 is 1.25 bits per heavy atom. The van der Waals surface area contributed by atoms with Crippen LogP contribution in [0.2, 0.25) is 5.02 Å². The fraction of sp³-hybridized carbons (Fsp3) is 0.556. The van der Waals surface area contributed by atoms with Gasteiger partial charge in [-0.25, -0.2) is 18.4 Å². The van der Waals surface area contributed by atoms with Crippen molar-refractivity contribution in [3.05, 3.63) is 34.4 Å². The Bertz CT molecular complexity index is 763. The number of aliphatic hydroxyl groups is 1. The zero-order valence-corrected chi connectivity index (χ0v) is 16.2. The molecule has 2 aliphatic rings. The molecule has 2 unspecified atom stereocenters. The number of nitrogens with zero attached hydrogens (tertiary/aromatic N) is 2. The summed E-state index contributed by atoms with van der Waals surface area (Å²) < 4.78 is 27.5. The molecule has 1 aromatic carbocycles. The summed E-state index contributed by atoms with van der Waals surface area (Å²) in [6.07, 6.45) is 1.25. The topological polar surface area (TPSA) is 84.9 Å². The van der Waals surface area contributed by atoms with Gasteiger partial charge < -0.3 is 25.5 Å². The molecule has 1 saturated carbocycles. The van der Waals surface area contributed by atoms with Crippen LogP contribution < -0.4 is 10.6 Å². The number of rotatable bonds is 4. The van der Waals surface area contributed by atoms with Crippen LogP contribution in [-0.2, 0) is 6.54 Å². The molecular formula is C18H23ClF2N4O3. The van der Waals surface area contributed by atoms with Crippen LogP contribution in [0.3, 0.4) is 0 Å². The third-order valence-corrected chi connectivity index (χ3v) is 5.28. The standard InChI is InChI=1S/C18H23ClF2N4O3/c1-22-17(27)24-8-12(5-13(26)9-24)25(11-2-3-11)18(28)23-7-10-4-16(21)14(19)6-15(10)20/h4,6,11-13,26H,2-3,5,7-9H2,1H3,(H,22,27)(H,23,28). The molecule has 0 bridgehead atoms. The summed E-state index contributed by atoms with van der Waals surface area (Å²) >= 11 is 5.54. The van der Waals surface area contributed by atoms with Gasteiger partial charge in [0.1, 0.15) is 11.6 Å². The normalized spacial score (nSPS) is 22.0. The molecule has 1 aromatic rings. The first kappa shape index (κ1) is 20.6. The van der Waals surface area contributed by atoms with E-state index >= 15 is 0 Å². The predicted molar refractivity (Wildman–Crippen MR) is 98.9 cm³/mol. The van der Waals surface area contributed by atoms with Crippen molar-refractivity contribution >= 4 is 23.7 Å². The summed E-state index contributed by atoms with van der Waals surface area (Å²) in [5, 5.41) is 15.0. The number of hydrogen-bond acceptors (Lipinski definition) is 3. The molecule has 0 aromatic heterocycles. The first-order chi connectivity index (χ1) is 13.3. The number of halogens is 3. The van der Waals surface area contributed by atoms with E-state index in [9.17, 15) is 23.5 Å². The summed E-state index contributed by atoms with van der Waals surface area (Å²) in [6, 6.07) is 0.716. The fourth-order valence-electron chi connectivity index (χ4n) is 3.52. The van der Waals surface area contributed by atoms with Crippen molar-refractivity contribution in [2.24, 2.45) is 0 Å². The van der Waals surface area contributed by atoms with Gasteiger partial charge in [0.05, 0.1) is 17.2 Å². The molecule has 4 amide bonds. The van der Waals surface area contributed by atoms with Gasteiger partial charge >= 0.3 is 12.1 Å². The third kappa shape index (κ3) is 4.64. The van der Waals surface area contributed by atoms with E-state index in [1.807, 2.05) is 0 Å². The van der Waals surface area contributed by atoms with E-state index in [-0.39, 0.29) is 41.8 Å². The maximum Gasteiger partial charge on any atom is 0.318 e. The Morgan fingerprint density at radius 2 is 1.96 bits per heavy atom. The van der Waals surface area contributed by atoms with Crippen LogP contribution in [0.15, 0.2) is 12.1 Å². The Balaban J connectivity index is 1.69. The molecular weight excluding hydrogens is 394 g/mol. The zero-order valence-electron chi connectivity index (χ0n) is 15.4. The highest BCUT2D eigenvalue weighted by Gasteiger charge is 2.41. The Labute approximate surface area is 166 Å². The predicted octanol–water partition coefficient (Wildman–Crippen LogP) is 2.07. The van der Waals surface area contributed by atoms with Crippen LogP contribution in [0.5, 0.6) is 0 Å². The first-order valence-electron chi connectivity index (χ1n) is 9.14. The van der Waals surface area contributed by atoms with Crippen LogP contribution >= 0.6 is 11.6 Å². The molecule has 0 radical (unpaired) electrons. The fourth-order valence-corrected chi connectivity index (χ4v) is 3.67. The molecule has 10 heteroatoms. The van der Waals surface area contributed by atoms with E-state index in [0.717, 1.165) is 25.0 Å². The number of aliphatic hydroxyl groups excluding tert-OH is 1. The molecule has 1 saturated heterocycles. The van der Waals surface area contributed by atoms with Gasteiger partial charge in [0.15, 0.2) is 0 Å². The molecule has 28 heavy (non-hydrogen) atoms. The van der Waals surface area contributed by atoms with Crippen molar-refractivity contribution in [2.75, 3.05) is 20.1 Å². The van der Waals surface area contributed by atoms with Crippen molar-refractivity contribution in [3.8, 4) is 0 Å². The van der Waals surface area contributed by atoms with E-state index in [4.69, 9.17) is 11.6 Å². The van der Waals surface area contributed by atoms with Crippen molar-refractivity contribution in [2.45, 2.75) is 44.0 Å². The average molecular weight is 417 g/mol. The Kier molecular flexibility index (Phi) is 6.24. The highest BCUT2D eigenvalue weighted by atomic mass is 35.5. The van der Waals surface area contributed by atoms with Crippen LogP contribution in [0.1, 0.15) is 24.8 Å². The van der Waals surface area contributed by atoms with Crippen LogP contribution in [0.4, 0.5) is 18.4 Å². The molecule has 1 heterocycles. The van der Waals surface area contributed by atoms with Gasteiger partial charge in [-0.05, 0) is 31.4 Å². The summed E-state index contributed by atoms with van der Waals surface area (Å²) in [5.41, 5.74) is -0.0123. The maximum atomic E-state index is 13.9. The third-order valence-electron chi connectivity index (χ3n) is 5.00. The number of amides is 4. The highest BCUT2D eigenvalue weighted by Crippen LogP contribution is 2.31. The van der Waals surface area contributed by atoms with E-state index in [1.54, 1.807) is 4.90 Å². The summed E-state index contributed by atoms with van der Waals surface area (Å²) in [7, 11) is 1.50. The number of benzene rings is 1. The smallest absolute Gasteiger partial charge is 0.318 e. The molecule has 1 aliphatic carbocycles. The van der Waals surface area contributed by atoms with E-state index < -0.39 is 23.8 Å². The minimum atomic E-state index is -0.761.